The van der Waals surface area contributed by atoms with E-state index in [0.717, 1.165) is 18.2 Å². The van der Waals surface area contributed by atoms with E-state index in [1.807, 2.05) is 0 Å². The molecule has 2 aromatic rings. The fourth-order valence-electron chi connectivity index (χ4n) is 1.89. The number of hydrogen-bond donors (Lipinski definition) is 2. The first-order chi connectivity index (χ1) is 9.49. The molecule has 0 bridgehead atoms. The van der Waals surface area contributed by atoms with Gasteiger partial charge in [0, 0.05) is 23.4 Å². The maximum atomic E-state index is 13.5. The van der Waals surface area contributed by atoms with Gasteiger partial charge in [-0.05, 0) is 37.3 Å². The smallest absolute Gasteiger partial charge is 0.129 e. The van der Waals surface area contributed by atoms with Gasteiger partial charge in [0.25, 0.3) is 0 Å². The van der Waals surface area contributed by atoms with E-state index in [4.69, 9.17) is 0 Å². The Bertz CT molecular complexity index is 616. The maximum Gasteiger partial charge on any atom is 0.129 e. The average molecular weight is 281 g/mol. The first kappa shape index (κ1) is 14.4. The molecule has 0 aliphatic heterocycles. The zero-order chi connectivity index (χ0) is 14.7. The molecule has 0 saturated carbocycles. The van der Waals surface area contributed by atoms with E-state index in [-0.39, 0.29) is 17.9 Å². The number of anilines is 1. The van der Waals surface area contributed by atoms with Gasteiger partial charge in [-0.3, -0.25) is 0 Å². The van der Waals surface area contributed by atoms with Crippen molar-refractivity contribution in [1.29, 1.82) is 0 Å². The third-order valence-corrected chi connectivity index (χ3v) is 3.07. The second-order valence-electron chi connectivity index (χ2n) is 4.47. The lowest BCUT2D eigenvalue weighted by Crippen LogP contribution is -2.14. The monoisotopic (exact) mass is 281 g/mol. The number of aliphatic hydroxyl groups excluding tert-OH is 1. The molecular formula is C15H14F3NO. The Balaban J connectivity index is 2.10. The van der Waals surface area contributed by atoms with Gasteiger partial charge in [-0.25, -0.2) is 13.2 Å². The Labute approximate surface area is 114 Å². The van der Waals surface area contributed by atoms with Crippen LogP contribution in [0.5, 0.6) is 0 Å². The molecule has 0 aliphatic carbocycles. The van der Waals surface area contributed by atoms with E-state index < -0.39 is 17.7 Å². The summed E-state index contributed by atoms with van der Waals surface area (Å²) in [7, 11) is 0. The number of halogens is 3. The first-order valence-electron chi connectivity index (χ1n) is 6.11. The fourth-order valence-corrected chi connectivity index (χ4v) is 1.89. The normalized spacial score (nSPS) is 12.2. The highest BCUT2D eigenvalue weighted by molar-refractivity contribution is 5.51. The largest absolute Gasteiger partial charge is 0.386 e. The highest BCUT2D eigenvalue weighted by Gasteiger charge is 2.14. The molecule has 0 fully saturated rings. The summed E-state index contributed by atoms with van der Waals surface area (Å²) in [6, 6.07) is 7.38. The third kappa shape index (κ3) is 3.11. The molecule has 20 heavy (non-hydrogen) atoms. The van der Waals surface area contributed by atoms with Crippen LogP contribution in [0.2, 0.25) is 0 Å². The Kier molecular flexibility index (Phi) is 4.29. The van der Waals surface area contributed by atoms with Crippen LogP contribution < -0.4 is 5.32 Å². The molecule has 0 aliphatic rings. The van der Waals surface area contributed by atoms with Crippen molar-refractivity contribution < 1.29 is 18.3 Å². The zero-order valence-corrected chi connectivity index (χ0v) is 10.8. The molecular weight excluding hydrogens is 267 g/mol. The molecule has 2 nitrogen and oxygen atoms in total. The van der Waals surface area contributed by atoms with Crippen molar-refractivity contribution >= 4 is 5.69 Å². The van der Waals surface area contributed by atoms with Gasteiger partial charge >= 0.3 is 0 Å². The van der Waals surface area contributed by atoms with Crippen LogP contribution in [0.15, 0.2) is 36.4 Å². The molecule has 1 unspecified atom stereocenters. The van der Waals surface area contributed by atoms with Crippen molar-refractivity contribution in [2.75, 3.05) is 11.9 Å². The number of nitrogens with one attached hydrogen (secondary N) is 1. The Hall–Kier alpha value is -2.01. The number of aliphatic hydroxyl groups is 1. The summed E-state index contributed by atoms with van der Waals surface area (Å²) in [5.41, 5.74) is 0.770. The van der Waals surface area contributed by atoms with Crippen molar-refractivity contribution in [3.8, 4) is 0 Å². The summed E-state index contributed by atoms with van der Waals surface area (Å²) in [6.07, 6.45) is -1.23. The van der Waals surface area contributed by atoms with E-state index in [1.165, 1.54) is 12.1 Å². The minimum atomic E-state index is -1.23. The predicted octanol–water partition coefficient (Wildman–Crippen LogP) is 3.56. The molecule has 0 heterocycles. The van der Waals surface area contributed by atoms with Crippen LogP contribution in [-0.2, 0) is 0 Å². The average Bonchev–Trinajstić information content (AvgIpc) is 2.43. The number of hydrogen-bond acceptors (Lipinski definition) is 2. The first-order valence-corrected chi connectivity index (χ1v) is 6.11. The molecule has 5 heteroatoms. The van der Waals surface area contributed by atoms with Crippen molar-refractivity contribution in [1.82, 2.24) is 0 Å². The van der Waals surface area contributed by atoms with Gasteiger partial charge in [-0.1, -0.05) is 6.07 Å². The van der Waals surface area contributed by atoms with E-state index in [2.05, 4.69) is 5.32 Å². The van der Waals surface area contributed by atoms with Crippen LogP contribution >= 0.6 is 0 Å². The van der Waals surface area contributed by atoms with Gasteiger partial charge in [0.15, 0.2) is 0 Å². The van der Waals surface area contributed by atoms with Crippen molar-refractivity contribution in [3.63, 3.8) is 0 Å². The SMILES string of the molecule is Cc1c(F)cccc1NCC(O)c1cc(F)ccc1F. The second-order valence-corrected chi connectivity index (χ2v) is 4.47. The lowest BCUT2D eigenvalue weighted by molar-refractivity contribution is 0.186. The van der Waals surface area contributed by atoms with Crippen molar-refractivity contribution in [2.24, 2.45) is 0 Å². The van der Waals surface area contributed by atoms with Crippen LogP contribution in [-0.4, -0.2) is 11.7 Å². The van der Waals surface area contributed by atoms with Crippen LogP contribution in [0.25, 0.3) is 0 Å². The van der Waals surface area contributed by atoms with Gasteiger partial charge in [0.1, 0.15) is 17.5 Å². The van der Waals surface area contributed by atoms with Crippen molar-refractivity contribution in [3.05, 3.63) is 65.0 Å². The van der Waals surface area contributed by atoms with E-state index in [1.54, 1.807) is 13.0 Å². The summed E-state index contributed by atoms with van der Waals surface area (Å²) < 4.78 is 39.8. The molecule has 0 aromatic heterocycles. The van der Waals surface area contributed by atoms with Crippen LogP contribution in [0.4, 0.5) is 18.9 Å². The van der Waals surface area contributed by atoms with E-state index in [9.17, 15) is 18.3 Å². The highest BCUT2D eigenvalue weighted by Crippen LogP contribution is 2.21. The molecule has 0 spiro atoms. The maximum absolute atomic E-state index is 13.5. The second kappa shape index (κ2) is 5.96. The molecule has 0 amide bonds. The van der Waals surface area contributed by atoms with Gasteiger partial charge in [-0.2, -0.15) is 0 Å². The summed E-state index contributed by atoms with van der Waals surface area (Å²) >= 11 is 0. The standard InChI is InChI=1S/C15H14F3NO/c1-9-12(17)3-2-4-14(9)19-8-15(20)11-7-10(16)5-6-13(11)18/h2-7,15,19-20H,8H2,1H3. The molecule has 1 atom stereocenters. The van der Waals surface area contributed by atoms with Crippen LogP contribution in [0, 0.1) is 24.4 Å². The molecule has 2 rings (SSSR count). The lowest BCUT2D eigenvalue weighted by atomic mass is 10.1. The summed E-state index contributed by atoms with van der Waals surface area (Å²) in [5.74, 6) is -1.68. The molecule has 106 valence electrons. The molecule has 2 N–H and O–H groups in total. The van der Waals surface area contributed by atoms with Crippen molar-refractivity contribution in [2.45, 2.75) is 13.0 Å². The minimum Gasteiger partial charge on any atom is -0.386 e. The van der Waals surface area contributed by atoms with Crippen LogP contribution in [0.3, 0.4) is 0 Å². The fraction of sp³-hybridized carbons (Fsp3) is 0.200. The third-order valence-electron chi connectivity index (χ3n) is 3.07. The summed E-state index contributed by atoms with van der Waals surface area (Å²) in [4.78, 5) is 0. The van der Waals surface area contributed by atoms with Crippen LogP contribution in [0.1, 0.15) is 17.2 Å². The zero-order valence-electron chi connectivity index (χ0n) is 10.8. The molecule has 0 saturated heterocycles. The quantitative estimate of drug-likeness (QED) is 0.898. The predicted molar refractivity (Wildman–Crippen MR) is 70.9 cm³/mol. The van der Waals surface area contributed by atoms with E-state index in [0.29, 0.717) is 11.3 Å². The Morgan fingerprint density at radius 3 is 2.60 bits per heavy atom. The molecule has 0 radical (unpaired) electrons. The minimum absolute atomic E-state index is 0.0509. The Morgan fingerprint density at radius 1 is 1.10 bits per heavy atom. The number of benzene rings is 2. The summed E-state index contributed by atoms with van der Waals surface area (Å²) in [6.45, 7) is 1.54. The lowest BCUT2D eigenvalue weighted by Gasteiger charge is -2.15. The highest BCUT2D eigenvalue weighted by atomic mass is 19.1. The van der Waals surface area contributed by atoms with Gasteiger partial charge in [0.2, 0.25) is 0 Å². The number of rotatable bonds is 4. The van der Waals surface area contributed by atoms with E-state index >= 15 is 0 Å². The summed E-state index contributed by atoms with van der Waals surface area (Å²) in [5, 5.41) is 12.7. The Morgan fingerprint density at radius 2 is 1.85 bits per heavy atom. The van der Waals surface area contributed by atoms with Gasteiger partial charge < -0.3 is 10.4 Å². The molecule has 2 aromatic carbocycles. The van der Waals surface area contributed by atoms with Gasteiger partial charge in [-0.15, -0.1) is 0 Å². The topological polar surface area (TPSA) is 32.3 Å². The van der Waals surface area contributed by atoms with Gasteiger partial charge in [0.05, 0.1) is 6.10 Å².